The predicted molar refractivity (Wildman–Crippen MR) is 100.0 cm³/mol. The summed E-state index contributed by atoms with van der Waals surface area (Å²) in [5, 5.41) is 3.01. The van der Waals surface area contributed by atoms with E-state index in [1.807, 2.05) is 4.90 Å². The summed E-state index contributed by atoms with van der Waals surface area (Å²) < 4.78 is 0. The molecule has 0 aliphatic carbocycles. The van der Waals surface area contributed by atoms with Crippen molar-refractivity contribution >= 4 is 17.4 Å². The summed E-state index contributed by atoms with van der Waals surface area (Å²) in [5.74, 6) is 0. The Morgan fingerprint density at radius 2 is 1.46 bits per heavy atom. The molecule has 0 spiro atoms. The molecule has 2 saturated heterocycles. The molecule has 0 bridgehead atoms. The van der Waals surface area contributed by atoms with Crippen LogP contribution >= 0.6 is 0 Å². The molecule has 0 radical (unpaired) electrons. The van der Waals surface area contributed by atoms with Crippen molar-refractivity contribution in [3.63, 3.8) is 0 Å². The zero-order valence-electron chi connectivity index (χ0n) is 14.8. The van der Waals surface area contributed by atoms with Gasteiger partial charge in [-0.2, -0.15) is 0 Å². The normalized spacial score (nSPS) is 18.1. The molecular formula is C19H30N4O. The molecule has 132 valence electrons. The van der Waals surface area contributed by atoms with Crippen LogP contribution in [0.3, 0.4) is 0 Å². The number of carbonyl (C=O) groups is 1. The molecule has 2 amide bonds. The monoisotopic (exact) mass is 330 g/mol. The van der Waals surface area contributed by atoms with Gasteiger partial charge in [-0.1, -0.05) is 13.3 Å². The van der Waals surface area contributed by atoms with Gasteiger partial charge in [0.15, 0.2) is 0 Å². The van der Waals surface area contributed by atoms with Crippen molar-refractivity contribution in [1.29, 1.82) is 0 Å². The zero-order chi connectivity index (χ0) is 16.8. The molecule has 1 N–H and O–H groups in total. The second kappa shape index (κ2) is 8.27. The standard InChI is InChI=1S/C19H30N4O/c1-2-3-10-20-19(24)23-15-13-22(14-16-23)18-8-6-17(7-9-18)21-11-4-5-12-21/h6-9H,2-5,10-16H2,1H3,(H,20,24). The Morgan fingerprint density at radius 3 is 2.00 bits per heavy atom. The van der Waals surface area contributed by atoms with Gasteiger partial charge in [-0.05, 0) is 43.5 Å². The van der Waals surface area contributed by atoms with Crippen LogP contribution in [0, 0.1) is 0 Å². The Kier molecular flexibility index (Phi) is 5.83. The van der Waals surface area contributed by atoms with Crippen molar-refractivity contribution in [2.45, 2.75) is 32.6 Å². The number of benzene rings is 1. The Hall–Kier alpha value is -1.91. The maximum Gasteiger partial charge on any atom is 0.317 e. The van der Waals surface area contributed by atoms with Crippen LogP contribution in [-0.2, 0) is 0 Å². The Morgan fingerprint density at radius 1 is 0.917 bits per heavy atom. The van der Waals surface area contributed by atoms with E-state index in [2.05, 4.69) is 46.3 Å². The summed E-state index contributed by atoms with van der Waals surface area (Å²) in [6.45, 7) is 8.70. The van der Waals surface area contributed by atoms with Crippen molar-refractivity contribution < 1.29 is 4.79 Å². The van der Waals surface area contributed by atoms with Crippen molar-refractivity contribution in [3.8, 4) is 0 Å². The van der Waals surface area contributed by atoms with Crippen LogP contribution in [0.15, 0.2) is 24.3 Å². The molecule has 5 heteroatoms. The predicted octanol–water partition coefficient (Wildman–Crippen LogP) is 2.92. The summed E-state index contributed by atoms with van der Waals surface area (Å²) in [4.78, 5) is 18.9. The van der Waals surface area contributed by atoms with Crippen LogP contribution in [0.2, 0.25) is 0 Å². The van der Waals surface area contributed by atoms with Gasteiger partial charge in [-0.15, -0.1) is 0 Å². The van der Waals surface area contributed by atoms with Crippen molar-refractivity contribution in [2.75, 3.05) is 55.6 Å². The first-order valence-electron chi connectivity index (χ1n) is 9.40. The number of urea groups is 1. The Balaban J connectivity index is 1.48. The number of rotatable bonds is 5. The molecule has 5 nitrogen and oxygen atoms in total. The summed E-state index contributed by atoms with van der Waals surface area (Å²) in [6.07, 6.45) is 4.78. The highest BCUT2D eigenvalue weighted by Gasteiger charge is 2.21. The van der Waals surface area contributed by atoms with E-state index in [4.69, 9.17) is 0 Å². The van der Waals surface area contributed by atoms with Crippen LogP contribution in [0.4, 0.5) is 16.2 Å². The lowest BCUT2D eigenvalue weighted by atomic mass is 10.2. The van der Waals surface area contributed by atoms with Gasteiger partial charge in [0.1, 0.15) is 0 Å². The van der Waals surface area contributed by atoms with Crippen LogP contribution in [0.1, 0.15) is 32.6 Å². The lowest BCUT2D eigenvalue weighted by Gasteiger charge is -2.36. The van der Waals surface area contributed by atoms with Gasteiger partial charge in [-0.3, -0.25) is 0 Å². The van der Waals surface area contributed by atoms with E-state index >= 15 is 0 Å². The van der Waals surface area contributed by atoms with Crippen LogP contribution in [-0.4, -0.2) is 56.7 Å². The molecule has 0 atom stereocenters. The third kappa shape index (κ3) is 4.13. The van der Waals surface area contributed by atoms with Gasteiger partial charge in [0.05, 0.1) is 0 Å². The Labute approximate surface area is 145 Å². The minimum atomic E-state index is 0.0903. The van der Waals surface area contributed by atoms with Crippen molar-refractivity contribution in [1.82, 2.24) is 10.2 Å². The first-order chi connectivity index (χ1) is 11.8. The average Bonchev–Trinajstić information content (AvgIpc) is 3.17. The lowest BCUT2D eigenvalue weighted by molar-refractivity contribution is 0.194. The number of hydrogen-bond acceptors (Lipinski definition) is 3. The lowest BCUT2D eigenvalue weighted by Crippen LogP contribution is -2.52. The fourth-order valence-corrected chi connectivity index (χ4v) is 3.50. The molecule has 1 aromatic carbocycles. The summed E-state index contributed by atoms with van der Waals surface area (Å²) >= 11 is 0. The first kappa shape index (κ1) is 16.9. The number of piperazine rings is 1. The second-order valence-electron chi connectivity index (χ2n) is 6.77. The van der Waals surface area contributed by atoms with Gasteiger partial charge < -0.3 is 20.0 Å². The number of nitrogens with zero attached hydrogens (tertiary/aromatic N) is 3. The van der Waals surface area contributed by atoms with Crippen LogP contribution in [0.25, 0.3) is 0 Å². The number of hydrogen-bond donors (Lipinski definition) is 1. The summed E-state index contributed by atoms with van der Waals surface area (Å²) in [5.41, 5.74) is 2.61. The van der Waals surface area contributed by atoms with E-state index in [1.165, 1.54) is 37.3 Å². The molecule has 2 heterocycles. The fourth-order valence-electron chi connectivity index (χ4n) is 3.50. The van der Waals surface area contributed by atoms with Gasteiger partial charge in [-0.25, -0.2) is 4.79 Å². The molecule has 2 aliphatic heterocycles. The molecule has 24 heavy (non-hydrogen) atoms. The molecule has 2 aliphatic rings. The first-order valence-corrected chi connectivity index (χ1v) is 9.40. The number of carbonyl (C=O) groups excluding carboxylic acids is 1. The van der Waals surface area contributed by atoms with Crippen molar-refractivity contribution in [2.24, 2.45) is 0 Å². The fraction of sp³-hybridized carbons (Fsp3) is 0.632. The zero-order valence-corrected chi connectivity index (χ0v) is 14.8. The quantitative estimate of drug-likeness (QED) is 0.844. The van der Waals surface area contributed by atoms with Gasteiger partial charge in [0, 0.05) is 57.2 Å². The van der Waals surface area contributed by atoms with E-state index in [1.54, 1.807) is 0 Å². The minimum absolute atomic E-state index is 0.0903. The molecule has 2 fully saturated rings. The molecule has 0 unspecified atom stereocenters. The maximum atomic E-state index is 12.1. The number of amides is 2. The largest absolute Gasteiger partial charge is 0.372 e. The van der Waals surface area contributed by atoms with Crippen molar-refractivity contribution in [3.05, 3.63) is 24.3 Å². The highest BCUT2D eigenvalue weighted by molar-refractivity contribution is 5.74. The minimum Gasteiger partial charge on any atom is -0.372 e. The van der Waals surface area contributed by atoms with Gasteiger partial charge in [0.2, 0.25) is 0 Å². The highest BCUT2D eigenvalue weighted by atomic mass is 16.2. The average molecular weight is 330 g/mol. The molecular weight excluding hydrogens is 300 g/mol. The topological polar surface area (TPSA) is 38.8 Å². The molecule has 0 saturated carbocycles. The summed E-state index contributed by atoms with van der Waals surface area (Å²) in [7, 11) is 0. The highest BCUT2D eigenvalue weighted by Crippen LogP contribution is 2.24. The van der Waals surface area contributed by atoms with E-state index < -0.39 is 0 Å². The number of anilines is 2. The maximum absolute atomic E-state index is 12.1. The number of nitrogens with one attached hydrogen (secondary N) is 1. The van der Waals surface area contributed by atoms with Crippen LogP contribution in [0.5, 0.6) is 0 Å². The smallest absolute Gasteiger partial charge is 0.317 e. The van der Waals surface area contributed by atoms with Gasteiger partial charge in [0.25, 0.3) is 0 Å². The van der Waals surface area contributed by atoms with Crippen LogP contribution < -0.4 is 15.1 Å². The molecule has 3 rings (SSSR count). The third-order valence-electron chi connectivity index (χ3n) is 5.06. The number of unbranched alkanes of at least 4 members (excludes halogenated alkanes) is 1. The van der Waals surface area contributed by atoms with E-state index in [0.717, 1.165) is 45.6 Å². The van der Waals surface area contributed by atoms with E-state index in [9.17, 15) is 4.79 Å². The van der Waals surface area contributed by atoms with E-state index in [-0.39, 0.29) is 6.03 Å². The summed E-state index contributed by atoms with van der Waals surface area (Å²) in [6, 6.07) is 9.03. The van der Waals surface area contributed by atoms with E-state index in [0.29, 0.717) is 0 Å². The van der Waals surface area contributed by atoms with Gasteiger partial charge >= 0.3 is 6.03 Å². The SMILES string of the molecule is CCCCNC(=O)N1CCN(c2ccc(N3CCCC3)cc2)CC1. The molecule has 1 aromatic rings. The Bertz CT molecular complexity index is 517. The third-order valence-corrected chi connectivity index (χ3v) is 5.06. The second-order valence-corrected chi connectivity index (χ2v) is 6.77. The molecule has 0 aromatic heterocycles.